The smallest absolute Gasteiger partial charge is 0.460 e. The average Bonchev–Trinajstić information content (AvgIpc) is 3.06. The van der Waals surface area contributed by atoms with Gasteiger partial charge in [-0.15, -0.1) is 0 Å². The summed E-state index contributed by atoms with van der Waals surface area (Å²) in [7, 11) is 1.30. The van der Waals surface area contributed by atoms with Crippen molar-refractivity contribution >= 4 is 5.69 Å². The number of ether oxygens (including phenoxy) is 4. The molecule has 58 heavy (non-hydrogen) atoms. The summed E-state index contributed by atoms with van der Waals surface area (Å²) in [6.45, 7) is -7.25. The van der Waals surface area contributed by atoms with Crippen LogP contribution in [0.25, 0.3) is 0 Å². The van der Waals surface area contributed by atoms with Gasteiger partial charge in [-0.25, -0.2) is 0 Å². The third-order valence-electron chi connectivity index (χ3n) is 7.32. The van der Waals surface area contributed by atoms with Gasteiger partial charge in [-0.1, -0.05) is 0 Å². The molecule has 0 aliphatic heterocycles. The van der Waals surface area contributed by atoms with Gasteiger partial charge in [-0.3, -0.25) is 0 Å². The van der Waals surface area contributed by atoms with Crippen molar-refractivity contribution in [1.82, 2.24) is 0 Å². The van der Waals surface area contributed by atoms with Crippen LogP contribution in [-0.4, -0.2) is 118 Å². The van der Waals surface area contributed by atoms with Crippen LogP contribution in [0.4, 0.5) is 120 Å². The van der Waals surface area contributed by atoms with Gasteiger partial charge in [0.2, 0.25) is 0 Å². The Balaban J connectivity index is 2.83. The van der Waals surface area contributed by atoms with Crippen molar-refractivity contribution in [3.63, 3.8) is 0 Å². The molecule has 31 heteroatoms. The predicted molar refractivity (Wildman–Crippen MR) is 139 cm³/mol. The fourth-order valence-corrected chi connectivity index (χ4v) is 3.84. The molecule has 0 bridgehead atoms. The van der Waals surface area contributed by atoms with E-state index in [1.165, 1.54) is 13.1 Å². The zero-order valence-corrected chi connectivity index (χ0v) is 27.8. The number of hydrogen-bond acceptors (Lipinski definition) is 5. The van der Waals surface area contributed by atoms with Crippen molar-refractivity contribution in [2.75, 3.05) is 52.0 Å². The molecule has 0 unspecified atom stereocenters. The summed E-state index contributed by atoms with van der Waals surface area (Å²) in [6.07, 6.45) is -20.5. The van der Waals surface area contributed by atoms with Crippen LogP contribution >= 0.6 is 0 Å². The molecule has 0 spiro atoms. The second kappa shape index (κ2) is 17.0. The summed E-state index contributed by atoms with van der Waals surface area (Å²) in [5.74, 6) is -76.8. The van der Waals surface area contributed by atoms with Crippen LogP contribution in [0.5, 0.6) is 11.5 Å². The highest BCUT2D eigenvalue weighted by molar-refractivity contribution is 5.54. The van der Waals surface area contributed by atoms with Crippen molar-refractivity contribution in [1.29, 1.82) is 0 Å². The lowest BCUT2D eigenvalue weighted by Crippen LogP contribution is -2.70. The largest absolute Gasteiger partial charge is 0.487 e. The third-order valence-corrected chi connectivity index (χ3v) is 7.32. The van der Waals surface area contributed by atoms with Crippen molar-refractivity contribution in [2.24, 2.45) is 0 Å². The first-order valence-corrected chi connectivity index (χ1v) is 14.7. The van der Waals surface area contributed by atoms with Gasteiger partial charge in [-0.05, 0) is 12.1 Å². The first-order valence-electron chi connectivity index (χ1n) is 14.7. The number of benzene rings is 1. The first-order chi connectivity index (χ1) is 25.6. The molecule has 0 aromatic heterocycles. The molecule has 1 aromatic rings. The van der Waals surface area contributed by atoms with E-state index in [0.717, 1.165) is 12.1 Å². The Morgan fingerprint density at radius 3 is 1.00 bits per heavy atom. The Hall–Kier alpha value is -3.28. The van der Waals surface area contributed by atoms with E-state index in [0.29, 0.717) is 0 Å². The minimum atomic E-state index is -8.10. The minimum Gasteiger partial charge on any atom is -0.487 e. The molecule has 0 fully saturated rings. The molecule has 0 amide bonds. The van der Waals surface area contributed by atoms with Crippen molar-refractivity contribution in [3.05, 3.63) is 18.2 Å². The van der Waals surface area contributed by atoms with E-state index in [2.05, 4.69) is 14.8 Å². The molecule has 0 saturated heterocycles. The molecular weight excluding hydrogens is 896 g/mol. The summed E-state index contributed by atoms with van der Waals surface area (Å²) in [5, 5.41) is 2.52. The highest BCUT2D eigenvalue weighted by Gasteiger charge is 2.92. The van der Waals surface area contributed by atoms with Gasteiger partial charge < -0.3 is 24.3 Å². The average molecular weight is 919 g/mol. The highest BCUT2D eigenvalue weighted by Crippen LogP contribution is 2.62. The number of hydrogen-bond donors (Lipinski definition) is 1. The van der Waals surface area contributed by atoms with Gasteiger partial charge in [0.15, 0.2) is 11.5 Å². The topological polar surface area (TPSA) is 49.0 Å². The van der Waals surface area contributed by atoms with E-state index in [9.17, 15) is 114 Å². The second-order valence-electron chi connectivity index (χ2n) is 11.3. The van der Waals surface area contributed by atoms with Crippen LogP contribution in [0.3, 0.4) is 0 Å². The van der Waals surface area contributed by atoms with Gasteiger partial charge in [-0.2, -0.15) is 114 Å². The number of halogens is 26. The summed E-state index contributed by atoms with van der Waals surface area (Å²) in [4.78, 5) is 0. The number of nitrogens with one attached hydrogen (secondary N) is 1. The van der Waals surface area contributed by atoms with Gasteiger partial charge in [0, 0.05) is 31.6 Å². The molecule has 1 aromatic carbocycles. The quantitative estimate of drug-likeness (QED) is 0.0876. The van der Waals surface area contributed by atoms with Crippen molar-refractivity contribution in [2.45, 2.75) is 84.4 Å². The third kappa shape index (κ3) is 9.52. The highest BCUT2D eigenvalue weighted by atomic mass is 19.4. The van der Waals surface area contributed by atoms with Crippen LogP contribution < -0.4 is 14.8 Å². The number of anilines is 1. The first kappa shape index (κ1) is 52.7. The van der Waals surface area contributed by atoms with E-state index in [1.54, 1.807) is 0 Å². The molecule has 0 radical (unpaired) electrons. The van der Waals surface area contributed by atoms with Crippen molar-refractivity contribution in [3.8, 4) is 11.5 Å². The molecular formula is C27H23F26NO4. The van der Waals surface area contributed by atoms with Crippen molar-refractivity contribution < 1.29 is 133 Å². The standard InChI is InChI=1S/C27H23F26NO4/c1-54-13-2-3-14(57-10-8-55-6-4-16(28,29)18(32,33)20(36,37)22(40,41)24(44,45)26(48,49)50)15(12-13)58-11-9-56-7-5-17(30,31)19(34,35)21(38,39)23(42,43)25(46,47)27(51,52)53/h2-3,12,54H,4-11H2,1H3. The molecule has 0 aliphatic rings. The van der Waals surface area contributed by atoms with Crippen LogP contribution in [0.1, 0.15) is 12.8 Å². The minimum absolute atomic E-state index is 0.161. The summed E-state index contributed by atoms with van der Waals surface area (Å²) < 4.78 is 362. The molecule has 5 nitrogen and oxygen atoms in total. The molecule has 1 N–H and O–H groups in total. The van der Waals surface area contributed by atoms with Gasteiger partial charge in [0.25, 0.3) is 0 Å². The zero-order chi connectivity index (χ0) is 46.0. The molecule has 1 rings (SSSR count). The Morgan fingerprint density at radius 1 is 0.379 bits per heavy atom. The van der Waals surface area contributed by atoms with Gasteiger partial charge >= 0.3 is 71.6 Å². The van der Waals surface area contributed by atoms with Crippen LogP contribution in [0.15, 0.2) is 18.2 Å². The Morgan fingerprint density at radius 2 is 0.690 bits per heavy atom. The molecule has 0 atom stereocenters. The Bertz CT molecular complexity index is 1490. The molecule has 342 valence electrons. The van der Waals surface area contributed by atoms with E-state index >= 15 is 0 Å². The van der Waals surface area contributed by atoms with E-state index in [-0.39, 0.29) is 5.69 Å². The summed E-state index contributed by atoms with van der Waals surface area (Å²) >= 11 is 0. The number of rotatable bonds is 23. The Labute approximate surface area is 305 Å². The molecule has 0 saturated carbocycles. The molecule has 0 aliphatic carbocycles. The molecule has 0 heterocycles. The van der Waals surface area contributed by atoms with E-state index in [4.69, 9.17) is 9.47 Å². The summed E-state index contributed by atoms with van der Waals surface area (Å²) in [5.41, 5.74) is 0.161. The maximum absolute atomic E-state index is 13.9. The summed E-state index contributed by atoms with van der Waals surface area (Å²) in [6, 6.07) is 3.27. The number of alkyl halides is 26. The zero-order valence-electron chi connectivity index (χ0n) is 27.8. The lowest BCUT2D eigenvalue weighted by molar-refractivity contribution is -0.440. The lowest BCUT2D eigenvalue weighted by Gasteiger charge is -2.39. The lowest BCUT2D eigenvalue weighted by atomic mass is 9.93. The Kier molecular flexibility index (Phi) is 15.5. The van der Waals surface area contributed by atoms with Gasteiger partial charge in [0.1, 0.15) is 13.2 Å². The van der Waals surface area contributed by atoms with Crippen LogP contribution in [0.2, 0.25) is 0 Å². The fraction of sp³-hybridized carbons (Fsp3) is 0.778. The van der Waals surface area contributed by atoms with Gasteiger partial charge in [0.05, 0.1) is 26.4 Å². The fourth-order valence-electron chi connectivity index (χ4n) is 3.84. The predicted octanol–water partition coefficient (Wildman–Crippen LogP) is 10.8. The van der Waals surface area contributed by atoms with E-state index in [1.807, 2.05) is 0 Å². The monoisotopic (exact) mass is 919 g/mol. The normalized spacial score (nSPS) is 15.2. The SMILES string of the molecule is CNc1ccc(OCCOCCC(F)(F)C(F)(F)C(F)(F)C(F)(F)C(F)(F)C(F)(F)F)c(OCCOCCC(F)(F)C(F)(F)C(F)(F)C(F)(F)C(F)(F)C(F)(F)F)c1. The van der Waals surface area contributed by atoms with Crippen LogP contribution in [-0.2, 0) is 9.47 Å². The van der Waals surface area contributed by atoms with E-state index < -0.39 is 136 Å². The maximum Gasteiger partial charge on any atom is 0.460 e. The maximum atomic E-state index is 13.9. The van der Waals surface area contributed by atoms with Crippen LogP contribution in [0, 0.1) is 0 Å². The second-order valence-corrected chi connectivity index (χ2v) is 11.3.